The molecule has 22 heavy (non-hydrogen) atoms. The summed E-state index contributed by atoms with van der Waals surface area (Å²) >= 11 is 14.0. The molecule has 3 rings (SSSR count). The van der Waals surface area contributed by atoms with E-state index in [9.17, 15) is 0 Å². The second-order valence-electron chi connectivity index (χ2n) is 4.97. The highest BCUT2D eigenvalue weighted by Crippen LogP contribution is 2.32. The van der Waals surface area contributed by atoms with E-state index in [4.69, 9.17) is 23.2 Å². The first-order valence-corrected chi connectivity index (χ1v) is 8.78. The zero-order chi connectivity index (χ0) is 15.4. The second-order valence-corrected chi connectivity index (χ2v) is 6.83. The van der Waals surface area contributed by atoms with Crippen LogP contribution < -0.4 is 10.6 Å². The van der Waals surface area contributed by atoms with E-state index >= 15 is 0 Å². The van der Waals surface area contributed by atoms with E-state index < -0.39 is 0 Å². The SMILES string of the molecule is Clc1ccc(CSc2ccccc2C2NC=CCN2)c(Cl)c1. The van der Waals surface area contributed by atoms with Crippen molar-refractivity contribution in [2.24, 2.45) is 0 Å². The Labute approximate surface area is 144 Å². The van der Waals surface area contributed by atoms with Gasteiger partial charge in [-0.2, -0.15) is 0 Å². The van der Waals surface area contributed by atoms with Crippen LogP contribution in [0.2, 0.25) is 10.0 Å². The lowest BCUT2D eigenvalue weighted by Crippen LogP contribution is -2.35. The summed E-state index contributed by atoms with van der Waals surface area (Å²) in [6.07, 6.45) is 4.22. The van der Waals surface area contributed by atoms with Gasteiger partial charge in [0, 0.05) is 32.8 Å². The number of halogens is 2. The Balaban J connectivity index is 1.76. The molecule has 0 amide bonds. The molecule has 0 aliphatic carbocycles. The Hall–Kier alpha value is -1.13. The van der Waals surface area contributed by atoms with Crippen molar-refractivity contribution < 1.29 is 0 Å². The molecule has 2 aromatic rings. The second kappa shape index (κ2) is 7.42. The molecule has 0 radical (unpaired) electrons. The highest BCUT2D eigenvalue weighted by atomic mass is 35.5. The van der Waals surface area contributed by atoms with Crippen LogP contribution >= 0.6 is 35.0 Å². The average molecular weight is 351 g/mol. The summed E-state index contributed by atoms with van der Waals surface area (Å²) in [5, 5.41) is 8.17. The third-order valence-corrected chi connectivity index (χ3v) is 5.17. The molecule has 0 saturated carbocycles. The Kier molecular flexibility index (Phi) is 5.32. The van der Waals surface area contributed by atoms with E-state index in [-0.39, 0.29) is 6.17 Å². The molecule has 1 heterocycles. The fourth-order valence-electron chi connectivity index (χ4n) is 2.31. The fraction of sp³-hybridized carbons (Fsp3) is 0.176. The first kappa shape index (κ1) is 15.8. The number of nitrogens with one attached hydrogen (secondary N) is 2. The molecular weight excluding hydrogens is 335 g/mol. The molecule has 0 saturated heterocycles. The molecule has 1 aliphatic heterocycles. The monoisotopic (exact) mass is 350 g/mol. The molecular formula is C17H16Cl2N2S. The molecule has 0 bridgehead atoms. The number of hydrogen-bond donors (Lipinski definition) is 2. The molecule has 1 aliphatic rings. The van der Waals surface area contributed by atoms with Crippen LogP contribution in [0.15, 0.2) is 59.6 Å². The molecule has 2 nitrogen and oxygen atoms in total. The highest BCUT2D eigenvalue weighted by molar-refractivity contribution is 7.98. The first-order chi connectivity index (χ1) is 10.7. The van der Waals surface area contributed by atoms with Crippen molar-refractivity contribution in [3.8, 4) is 0 Å². The molecule has 2 aromatic carbocycles. The largest absolute Gasteiger partial charge is 0.372 e. The van der Waals surface area contributed by atoms with Gasteiger partial charge in [0.15, 0.2) is 0 Å². The minimum Gasteiger partial charge on any atom is -0.372 e. The highest BCUT2D eigenvalue weighted by Gasteiger charge is 2.15. The maximum absolute atomic E-state index is 6.25. The van der Waals surface area contributed by atoms with Crippen molar-refractivity contribution in [2.45, 2.75) is 16.8 Å². The van der Waals surface area contributed by atoms with E-state index in [0.29, 0.717) is 10.0 Å². The first-order valence-electron chi connectivity index (χ1n) is 7.04. The molecule has 5 heteroatoms. The normalized spacial score (nSPS) is 17.3. The lowest BCUT2D eigenvalue weighted by molar-refractivity contribution is 0.491. The number of thioether (sulfide) groups is 1. The third kappa shape index (κ3) is 3.79. The van der Waals surface area contributed by atoms with Gasteiger partial charge in [0.25, 0.3) is 0 Å². The molecule has 2 N–H and O–H groups in total. The van der Waals surface area contributed by atoms with Crippen molar-refractivity contribution in [1.82, 2.24) is 10.6 Å². The Morgan fingerprint density at radius 2 is 2.00 bits per heavy atom. The van der Waals surface area contributed by atoms with Crippen LogP contribution in [0.4, 0.5) is 0 Å². The van der Waals surface area contributed by atoms with Crippen molar-refractivity contribution in [1.29, 1.82) is 0 Å². The number of rotatable bonds is 4. The van der Waals surface area contributed by atoms with Crippen molar-refractivity contribution in [2.75, 3.05) is 6.54 Å². The lowest BCUT2D eigenvalue weighted by atomic mass is 10.1. The summed E-state index contributed by atoms with van der Waals surface area (Å²) in [6.45, 7) is 0.875. The van der Waals surface area contributed by atoms with Gasteiger partial charge in [-0.05, 0) is 30.0 Å². The van der Waals surface area contributed by atoms with Crippen molar-refractivity contribution in [3.63, 3.8) is 0 Å². The van der Waals surface area contributed by atoms with Crippen LogP contribution in [0.25, 0.3) is 0 Å². The molecule has 114 valence electrons. The van der Waals surface area contributed by atoms with Gasteiger partial charge in [-0.1, -0.05) is 53.5 Å². The summed E-state index contributed by atoms with van der Waals surface area (Å²) in [6, 6.07) is 14.1. The van der Waals surface area contributed by atoms with Gasteiger partial charge < -0.3 is 5.32 Å². The maximum atomic E-state index is 6.25. The smallest absolute Gasteiger partial charge is 0.104 e. The molecule has 1 atom stereocenters. The Bertz CT molecular complexity index is 688. The van der Waals surface area contributed by atoms with Crippen LogP contribution in [0.5, 0.6) is 0 Å². The van der Waals surface area contributed by atoms with E-state index in [1.165, 1.54) is 10.5 Å². The lowest BCUT2D eigenvalue weighted by Gasteiger charge is -2.24. The topological polar surface area (TPSA) is 24.1 Å². The zero-order valence-electron chi connectivity index (χ0n) is 11.9. The quantitative estimate of drug-likeness (QED) is 0.759. The molecule has 0 fully saturated rings. The van der Waals surface area contributed by atoms with Crippen molar-refractivity contribution in [3.05, 3.63) is 75.9 Å². The van der Waals surface area contributed by atoms with Crippen LogP contribution in [0.3, 0.4) is 0 Å². The van der Waals surface area contributed by atoms with E-state index in [0.717, 1.165) is 17.9 Å². The predicted molar refractivity (Wildman–Crippen MR) is 95.5 cm³/mol. The van der Waals surface area contributed by atoms with Crippen LogP contribution in [0.1, 0.15) is 17.3 Å². The summed E-state index contributed by atoms with van der Waals surface area (Å²) in [7, 11) is 0. The van der Waals surface area contributed by atoms with Gasteiger partial charge in [0.1, 0.15) is 6.17 Å². The van der Waals surface area contributed by atoms with Gasteiger partial charge in [0.2, 0.25) is 0 Å². The third-order valence-electron chi connectivity index (χ3n) is 3.45. The van der Waals surface area contributed by atoms with E-state index in [1.807, 2.05) is 18.3 Å². The van der Waals surface area contributed by atoms with Crippen LogP contribution in [-0.4, -0.2) is 6.54 Å². The maximum Gasteiger partial charge on any atom is 0.104 e. The number of hydrogen-bond acceptors (Lipinski definition) is 3. The molecule has 0 spiro atoms. The van der Waals surface area contributed by atoms with Crippen LogP contribution in [-0.2, 0) is 5.75 Å². The van der Waals surface area contributed by atoms with Gasteiger partial charge >= 0.3 is 0 Å². The summed E-state index contributed by atoms with van der Waals surface area (Å²) in [5.74, 6) is 0.815. The standard InChI is InChI=1S/C17H16Cl2N2S/c18-13-7-6-12(15(19)10-13)11-22-16-5-2-1-4-14(16)17-20-8-3-9-21-17/h1-8,10,17,20-21H,9,11H2. The van der Waals surface area contributed by atoms with E-state index in [2.05, 4.69) is 41.0 Å². The van der Waals surface area contributed by atoms with Crippen molar-refractivity contribution >= 4 is 35.0 Å². The summed E-state index contributed by atoms with van der Waals surface area (Å²) < 4.78 is 0. The molecule has 1 unspecified atom stereocenters. The van der Waals surface area contributed by atoms with Crippen LogP contribution in [0, 0.1) is 0 Å². The average Bonchev–Trinajstić information content (AvgIpc) is 2.55. The Morgan fingerprint density at radius 3 is 2.77 bits per heavy atom. The minimum absolute atomic E-state index is 0.148. The van der Waals surface area contributed by atoms with Gasteiger partial charge in [-0.25, -0.2) is 0 Å². The molecule has 0 aromatic heterocycles. The minimum atomic E-state index is 0.148. The summed E-state index contributed by atoms with van der Waals surface area (Å²) in [5.41, 5.74) is 2.34. The van der Waals surface area contributed by atoms with E-state index in [1.54, 1.807) is 17.8 Å². The van der Waals surface area contributed by atoms with Gasteiger partial charge in [-0.15, -0.1) is 11.8 Å². The predicted octanol–water partition coefficient (Wildman–Crippen LogP) is 4.99. The fourth-order valence-corrected chi connectivity index (χ4v) is 3.96. The Morgan fingerprint density at radius 1 is 1.14 bits per heavy atom. The number of benzene rings is 2. The van der Waals surface area contributed by atoms with Gasteiger partial charge in [-0.3, -0.25) is 5.32 Å². The van der Waals surface area contributed by atoms with Gasteiger partial charge in [0.05, 0.1) is 0 Å². The zero-order valence-corrected chi connectivity index (χ0v) is 14.2. The summed E-state index contributed by atoms with van der Waals surface area (Å²) in [4.78, 5) is 1.24.